The Kier molecular flexibility index (Phi) is 4.46. The maximum atomic E-state index is 10.7. The highest BCUT2D eigenvalue weighted by atomic mass is 35.5. The molecule has 0 bridgehead atoms. The number of rotatable bonds is 3. The summed E-state index contributed by atoms with van der Waals surface area (Å²) in [5, 5.41) is 14.8. The average Bonchev–Trinajstić information content (AvgIpc) is 3.23. The summed E-state index contributed by atoms with van der Waals surface area (Å²) in [6, 6.07) is 12.6. The molecule has 0 amide bonds. The smallest absolute Gasteiger partial charge is 0.269 e. The molecule has 0 radical (unpaired) electrons. The Morgan fingerprint density at radius 3 is 2.54 bits per heavy atom. The highest BCUT2D eigenvalue weighted by Gasteiger charge is 2.12. The summed E-state index contributed by atoms with van der Waals surface area (Å²) >= 11 is 1.57. The van der Waals surface area contributed by atoms with Gasteiger partial charge in [0.2, 0.25) is 0 Å². The van der Waals surface area contributed by atoms with Crippen molar-refractivity contribution in [3.63, 3.8) is 0 Å². The molecular weight excluding hydrogens is 348 g/mol. The van der Waals surface area contributed by atoms with Crippen LogP contribution in [0, 0.1) is 10.1 Å². The Morgan fingerprint density at radius 2 is 1.88 bits per heavy atom. The normalized spacial score (nSPS) is 13.2. The van der Waals surface area contributed by atoms with E-state index < -0.39 is 4.92 Å². The van der Waals surface area contributed by atoms with E-state index in [2.05, 4.69) is 21.4 Å². The van der Waals surface area contributed by atoms with Crippen molar-refractivity contribution < 1.29 is 4.92 Å². The molecule has 0 saturated heterocycles. The number of non-ortho nitro benzene ring substituents is 1. The van der Waals surface area contributed by atoms with Gasteiger partial charge < -0.3 is 5.32 Å². The summed E-state index contributed by atoms with van der Waals surface area (Å²) in [4.78, 5) is 19.4. The number of amidine groups is 1. The largest absolute Gasteiger partial charge is 0.368 e. The number of halogens is 1. The van der Waals surface area contributed by atoms with Crippen molar-refractivity contribution in [2.45, 2.75) is 0 Å². The number of hydrogen-bond donors (Lipinski definition) is 1. The lowest BCUT2D eigenvalue weighted by Crippen LogP contribution is -2.19. The molecule has 1 aromatic heterocycles. The van der Waals surface area contributed by atoms with Gasteiger partial charge in [-0.15, -0.1) is 23.7 Å². The van der Waals surface area contributed by atoms with E-state index >= 15 is 0 Å². The molecule has 8 heteroatoms. The molecule has 122 valence electrons. The van der Waals surface area contributed by atoms with E-state index in [1.807, 2.05) is 12.1 Å². The first-order valence-corrected chi connectivity index (χ1v) is 7.96. The first-order chi connectivity index (χ1) is 11.2. The molecule has 0 spiro atoms. The van der Waals surface area contributed by atoms with Crippen LogP contribution in [0.2, 0.25) is 0 Å². The minimum absolute atomic E-state index is 0. The van der Waals surface area contributed by atoms with E-state index in [4.69, 9.17) is 0 Å². The van der Waals surface area contributed by atoms with Crippen molar-refractivity contribution in [1.29, 1.82) is 0 Å². The number of nitrogens with zero attached hydrogens (tertiary/aromatic N) is 3. The molecule has 3 aromatic rings. The third kappa shape index (κ3) is 2.95. The lowest BCUT2D eigenvalue weighted by molar-refractivity contribution is -0.384. The number of nitro benzene ring substituents is 1. The number of fused-ring (bicyclic) bond motifs is 1. The standard InChI is InChI=1S/C16H12N4O2S.ClH/c21-20(22)12-4-1-10(2-5-12)16-19-13-6-3-11(9-14(13)23-16)15-17-7-8-18-15;/h1-6,9H,7-8H2,(H,17,18);1H. The molecule has 1 aliphatic heterocycles. The molecule has 1 N–H and O–H groups in total. The van der Waals surface area contributed by atoms with Gasteiger partial charge >= 0.3 is 0 Å². The van der Waals surface area contributed by atoms with Crippen molar-refractivity contribution in [3.8, 4) is 10.6 Å². The predicted molar refractivity (Wildman–Crippen MR) is 98.4 cm³/mol. The van der Waals surface area contributed by atoms with Crippen molar-refractivity contribution >= 4 is 45.5 Å². The van der Waals surface area contributed by atoms with Gasteiger partial charge in [-0.3, -0.25) is 15.1 Å². The summed E-state index contributed by atoms with van der Waals surface area (Å²) in [5.74, 6) is 0.928. The van der Waals surface area contributed by atoms with Crippen LogP contribution >= 0.6 is 23.7 Å². The first kappa shape index (κ1) is 16.4. The monoisotopic (exact) mass is 360 g/mol. The molecule has 24 heavy (non-hydrogen) atoms. The van der Waals surface area contributed by atoms with Crippen molar-refractivity contribution in [2.24, 2.45) is 4.99 Å². The topological polar surface area (TPSA) is 80.4 Å². The van der Waals surface area contributed by atoms with Crippen molar-refractivity contribution in [3.05, 3.63) is 58.1 Å². The Balaban J connectivity index is 0.00000169. The van der Waals surface area contributed by atoms with E-state index in [1.54, 1.807) is 23.5 Å². The third-order valence-electron chi connectivity index (χ3n) is 3.66. The maximum absolute atomic E-state index is 10.7. The highest BCUT2D eigenvalue weighted by Crippen LogP contribution is 2.31. The SMILES string of the molecule is Cl.O=[N+]([O-])c1ccc(-c2nc3ccc(C4=NCCN4)cc3s2)cc1. The molecule has 6 nitrogen and oxygen atoms in total. The quantitative estimate of drug-likeness (QED) is 0.571. The zero-order chi connectivity index (χ0) is 15.8. The second-order valence-corrected chi connectivity index (χ2v) is 6.19. The molecule has 2 aromatic carbocycles. The molecule has 0 unspecified atom stereocenters. The van der Waals surface area contributed by atoms with Gasteiger partial charge in [0.05, 0.1) is 21.7 Å². The molecule has 1 aliphatic rings. The van der Waals surface area contributed by atoms with Crippen LogP contribution in [-0.4, -0.2) is 28.8 Å². The highest BCUT2D eigenvalue weighted by molar-refractivity contribution is 7.21. The van der Waals surface area contributed by atoms with Crippen LogP contribution in [0.15, 0.2) is 47.5 Å². The second kappa shape index (κ2) is 6.54. The predicted octanol–water partition coefficient (Wildman–Crippen LogP) is 3.64. The van der Waals surface area contributed by atoms with Gasteiger partial charge in [-0.05, 0) is 30.3 Å². The number of thiazole rings is 1. The molecule has 0 aliphatic carbocycles. The van der Waals surface area contributed by atoms with Gasteiger partial charge in [0.25, 0.3) is 5.69 Å². The van der Waals surface area contributed by atoms with Gasteiger partial charge in [-0.1, -0.05) is 0 Å². The summed E-state index contributed by atoms with van der Waals surface area (Å²) in [6.07, 6.45) is 0. The van der Waals surface area contributed by atoms with Gasteiger partial charge in [0.1, 0.15) is 10.8 Å². The Labute approximate surface area is 147 Å². The maximum Gasteiger partial charge on any atom is 0.269 e. The van der Waals surface area contributed by atoms with E-state index in [0.717, 1.165) is 45.3 Å². The minimum atomic E-state index is -0.399. The van der Waals surface area contributed by atoms with Gasteiger partial charge in [0.15, 0.2) is 0 Å². The minimum Gasteiger partial charge on any atom is -0.368 e. The van der Waals surface area contributed by atoms with E-state index in [0.29, 0.717) is 0 Å². The fourth-order valence-corrected chi connectivity index (χ4v) is 3.52. The van der Waals surface area contributed by atoms with Crippen LogP contribution in [0.3, 0.4) is 0 Å². The van der Waals surface area contributed by atoms with Crippen LogP contribution < -0.4 is 5.32 Å². The van der Waals surface area contributed by atoms with Gasteiger partial charge in [-0.2, -0.15) is 0 Å². The fraction of sp³-hybridized carbons (Fsp3) is 0.125. The molecule has 0 atom stereocenters. The van der Waals surface area contributed by atoms with Crippen molar-refractivity contribution in [1.82, 2.24) is 10.3 Å². The van der Waals surface area contributed by atoms with Gasteiger partial charge in [0, 0.05) is 29.8 Å². The zero-order valence-corrected chi connectivity index (χ0v) is 14.1. The lowest BCUT2D eigenvalue weighted by atomic mass is 10.2. The number of hydrogen-bond acceptors (Lipinski definition) is 6. The summed E-state index contributed by atoms with van der Waals surface area (Å²) in [6.45, 7) is 1.69. The molecule has 0 fully saturated rings. The fourth-order valence-electron chi connectivity index (χ4n) is 2.51. The van der Waals surface area contributed by atoms with Gasteiger partial charge in [-0.25, -0.2) is 4.98 Å². The number of nitrogens with one attached hydrogen (secondary N) is 1. The molecular formula is C16H13ClN4O2S. The van der Waals surface area contributed by atoms with Crippen LogP contribution in [0.25, 0.3) is 20.8 Å². The molecule has 4 rings (SSSR count). The Morgan fingerprint density at radius 1 is 1.12 bits per heavy atom. The second-order valence-electron chi connectivity index (χ2n) is 5.16. The lowest BCUT2D eigenvalue weighted by Gasteiger charge is -2.01. The van der Waals surface area contributed by atoms with E-state index in [1.165, 1.54) is 12.1 Å². The molecule has 0 saturated carbocycles. The number of nitro groups is 1. The Bertz CT molecular complexity index is 937. The Hall–Kier alpha value is -2.51. The van der Waals surface area contributed by atoms with Crippen LogP contribution in [0.5, 0.6) is 0 Å². The number of aromatic nitrogens is 1. The van der Waals surface area contributed by atoms with E-state index in [9.17, 15) is 10.1 Å². The summed E-state index contributed by atoms with van der Waals surface area (Å²) in [5.41, 5.74) is 2.96. The first-order valence-electron chi connectivity index (χ1n) is 7.15. The zero-order valence-electron chi connectivity index (χ0n) is 12.4. The van der Waals surface area contributed by atoms with Crippen LogP contribution in [0.4, 0.5) is 5.69 Å². The molecule has 2 heterocycles. The number of aliphatic imine (C=N–C) groups is 1. The van der Waals surface area contributed by atoms with E-state index in [-0.39, 0.29) is 18.1 Å². The third-order valence-corrected chi connectivity index (χ3v) is 4.73. The van der Waals surface area contributed by atoms with Crippen LogP contribution in [0.1, 0.15) is 5.56 Å². The van der Waals surface area contributed by atoms with Crippen molar-refractivity contribution in [2.75, 3.05) is 13.1 Å². The summed E-state index contributed by atoms with van der Waals surface area (Å²) in [7, 11) is 0. The summed E-state index contributed by atoms with van der Waals surface area (Å²) < 4.78 is 1.08. The number of benzene rings is 2. The average molecular weight is 361 g/mol. The van der Waals surface area contributed by atoms with Crippen LogP contribution in [-0.2, 0) is 0 Å².